The number of hydrogen-bond acceptors (Lipinski definition) is 6. The van der Waals surface area contributed by atoms with Gasteiger partial charge in [-0.05, 0) is 12.1 Å². The van der Waals surface area contributed by atoms with Crippen molar-refractivity contribution >= 4 is 11.7 Å². The highest BCUT2D eigenvalue weighted by molar-refractivity contribution is 5.79. The zero-order valence-corrected chi connectivity index (χ0v) is 9.30. The molecule has 6 heteroatoms. The maximum absolute atomic E-state index is 11.3. The van der Waals surface area contributed by atoms with Crippen molar-refractivity contribution in [3.05, 3.63) is 18.2 Å². The van der Waals surface area contributed by atoms with Crippen molar-refractivity contribution in [3.8, 4) is 11.5 Å². The Labute approximate surface area is 98.1 Å². The summed E-state index contributed by atoms with van der Waals surface area (Å²) in [6.45, 7) is -0.152. The van der Waals surface area contributed by atoms with Crippen molar-refractivity contribution in [3.63, 3.8) is 0 Å². The van der Waals surface area contributed by atoms with Gasteiger partial charge in [0.15, 0.2) is 11.5 Å². The van der Waals surface area contributed by atoms with Gasteiger partial charge < -0.3 is 24.6 Å². The highest BCUT2D eigenvalue weighted by Crippen LogP contribution is 2.34. The fraction of sp³-hybridized carbons (Fsp3) is 0.364. The Morgan fingerprint density at radius 2 is 2.29 bits per heavy atom. The van der Waals surface area contributed by atoms with E-state index in [1.807, 2.05) is 0 Å². The van der Waals surface area contributed by atoms with Crippen LogP contribution in [0.3, 0.4) is 0 Å². The average molecular weight is 239 g/mol. The molecule has 0 fully saturated rings. The van der Waals surface area contributed by atoms with Gasteiger partial charge in [-0.25, -0.2) is 4.79 Å². The van der Waals surface area contributed by atoms with E-state index in [-0.39, 0.29) is 13.4 Å². The van der Waals surface area contributed by atoms with Gasteiger partial charge in [0.2, 0.25) is 6.79 Å². The molecule has 2 rings (SSSR count). The predicted molar refractivity (Wildman–Crippen MR) is 59.1 cm³/mol. The van der Waals surface area contributed by atoms with Crippen LogP contribution in [0.5, 0.6) is 11.5 Å². The number of aliphatic hydroxyl groups is 1. The van der Waals surface area contributed by atoms with Crippen molar-refractivity contribution in [2.45, 2.75) is 6.04 Å². The molecular weight excluding hydrogens is 226 g/mol. The van der Waals surface area contributed by atoms with Crippen LogP contribution in [0.1, 0.15) is 0 Å². The van der Waals surface area contributed by atoms with Gasteiger partial charge in [-0.2, -0.15) is 0 Å². The molecule has 0 aliphatic carbocycles. The number of rotatable bonds is 4. The average Bonchev–Trinajstić information content (AvgIpc) is 2.82. The van der Waals surface area contributed by atoms with E-state index in [1.165, 1.54) is 7.11 Å². The minimum Gasteiger partial charge on any atom is -0.467 e. The number of aliphatic hydroxyl groups excluding tert-OH is 1. The Morgan fingerprint density at radius 3 is 3.00 bits per heavy atom. The predicted octanol–water partition coefficient (Wildman–Crippen LogP) is 0.361. The van der Waals surface area contributed by atoms with Gasteiger partial charge in [-0.1, -0.05) is 0 Å². The van der Waals surface area contributed by atoms with Crippen LogP contribution >= 0.6 is 0 Å². The molecule has 1 aromatic rings. The largest absolute Gasteiger partial charge is 0.467 e. The van der Waals surface area contributed by atoms with Gasteiger partial charge in [0, 0.05) is 11.8 Å². The summed E-state index contributed by atoms with van der Waals surface area (Å²) in [5, 5.41) is 11.9. The number of hydrogen-bond donors (Lipinski definition) is 2. The first kappa shape index (κ1) is 11.5. The molecule has 92 valence electrons. The van der Waals surface area contributed by atoms with Crippen molar-refractivity contribution in [1.29, 1.82) is 0 Å². The van der Waals surface area contributed by atoms with Crippen molar-refractivity contribution in [2.75, 3.05) is 25.8 Å². The lowest BCUT2D eigenvalue weighted by Crippen LogP contribution is -2.33. The van der Waals surface area contributed by atoms with E-state index in [9.17, 15) is 4.79 Å². The number of esters is 1. The molecule has 0 saturated heterocycles. The van der Waals surface area contributed by atoms with Crippen LogP contribution in [-0.2, 0) is 9.53 Å². The Hall–Kier alpha value is -1.95. The summed E-state index contributed by atoms with van der Waals surface area (Å²) in [6.07, 6.45) is 0. The first-order chi connectivity index (χ1) is 8.24. The summed E-state index contributed by atoms with van der Waals surface area (Å²) in [5.74, 6) is 0.746. The molecule has 1 heterocycles. The fourth-order valence-corrected chi connectivity index (χ4v) is 1.51. The Morgan fingerprint density at radius 1 is 1.53 bits per heavy atom. The summed E-state index contributed by atoms with van der Waals surface area (Å²) in [4.78, 5) is 11.3. The zero-order valence-electron chi connectivity index (χ0n) is 9.30. The molecule has 17 heavy (non-hydrogen) atoms. The Kier molecular flexibility index (Phi) is 3.34. The van der Waals surface area contributed by atoms with E-state index in [0.29, 0.717) is 17.2 Å². The molecular formula is C11H13NO5. The molecule has 1 atom stereocenters. The molecule has 0 spiro atoms. The molecule has 6 nitrogen and oxygen atoms in total. The third-order valence-corrected chi connectivity index (χ3v) is 2.38. The maximum Gasteiger partial charge on any atom is 0.330 e. The normalized spacial score (nSPS) is 14.2. The molecule has 0 radical (unpaired) electrons. The second-order valence-electron chi connectivity index (χ2n) is 3.47. The molecule has 0 bridgehead atoms. The molecule has 1 aliphatic rings. The number of anilines is 1. The van der Waals surface area contributed by atoms with Gasteiger partial charge in [0.1, 0.15) is 6.04 Å². The molecule has 1 aliphatic heterocycles. The van der Waals surface area contributed by atoms with Crippen LogP contribution in [0.15, 0.2) is 18.2 Å². The SMILES string of the molecule is COC(=O)C(CO)Nc1ccc2c(c1)OCO2. The van der Waals surface area contributed by atoms with Gasteiger partial charge >= 0.3 is 5.97 Å². The van der Waals surface area contributed by atoms with E-state index in [4.69, 9.17) is 14.6 Å². The number of benzene rings is 1. The van der Waals surface area contributed by atoms with E-state index >= 15 is 0 Å². The van der Waals surface area contributed by atoms with Crippen LogP contribution in [-0.4, -0.2) is 37.6 Å². The molecule has 1 aromatic carbocycles. The molecule has 2 N–H and O–H groups in total. The van der Waals surface area contributed by atoms with Crippen LogP contribution in [0.25, 0.3) is 0 Å². The topological polar surface area (TPSA) is 77.0 Å². The summed E-state index contributed by atoms with van der Waals surface area (Å²) < 4.78 is 14.9. The lowest BCUT2D eigenvalue weighted by molar-refractivity contribution is -0.142. The van der Waals surface area contributed by atoms with Gasteiger partial charge in [-0.3, -0.25) is 0 Å². The molecule has 0 saturated carbocycles. The van der Waals surface area contributed by atoms with Gasteiger partial charge in [0.05, 0.1) is 13.7 Å². The highest BCUT2D eigenvalue weighted by Gasteiger charge is 2.19. The van der Waals surface area contributed by atoms with Crippen molar-refractivity contribution < 1.29 is 24.1 Å². The monoisotopic (exact) mass is 239 g/mol. The fourth-order valence-electron chi connectivity index (χ4n) is 1.51. The summed E-state index contributed by atoms with van der Waals surface area (Å²) in [5.41, 5.74) is 0.652. The summed E-state index contributed by atoms with van der Waals surface area (Å²) >= 11 is 0. The Bertz CT molecular complexity index is 420. The minimum absolute atomic E-state index is 0.194. The lowest BCUT2D eigenvalue weighted by atomic mass is 10.2. The molecule has 1 unspecified atom stereocenters. The maximum atomic E-state index is 11.3. The highest BCUT2D eigenvalue weighted by atomic mass is 16.7. The number of carbonyl (C=O) groups excluding carboxylic acids is 1. The standard InChI is InChI=1S/C11H13NO5/c1-15-11(14)8(5-13)12-7-2-3-9-10(4-7)17-6-16-9/h2-4,8,12-13H,5-6H2,1H3. The van der Waals surface area contributed by atoms with Crippen LogP contribution in [0, 0.1) is 0 Å². The van der Waals surface area contributed by atoms with Crippen molar-refractivity contribution in [1.82, 2.24) is 0 Å². The van der Waals surface area contributed by atoms with E-state index in [2.05, 4.69) is 10.1 Å². The summed E-state index contributed by atoms with van der Waals surface area (Å²) in [7, 11) is 1.27. The zero-order chi connectivity index (χ0) is 12.3. The molecule has 0 aromatic heterocycles. The van der Waals surface area contributed by atoms with Crippen molar-refractivity contribution in [2.24, 2.45) is 0 Å². The lowest BCUT2D eigenvalue weighted by Gasteiger charge is -2.15. The van der Waals surface area contributed by atoms with E-state index in [1.54, 1.807) is 18.2 Å². The van der Waals surface area contributed by atoms with Crippen LogP contribution in [0.4, 0.5) is 5.69 Å². The quantitative estimate of drug-likeness (QED) is 0.739. The number of ether oxygens (including phenoxy) is 3. The first-order valence-corrected chi connectivity index (χ1v) is 5.09. The number of carbonyl (C=O) groups is 1. The smallest absolute Gasteiger partial charge is 0.330 e. The molecule has 0 amide bonds. The second kappa shape index (κ2) is 4.92. The summed E-state index contributed by atoms with van der Waals surface area (Å²) in [6, 6.07) is 4.38. The van der Waals surface area contributed by atoms with Crippen LogP contribution < -0.4 is 14.8 Å². The number of fused-ring (bicyclic) bond motifs is 1. The second-order valence-corrected chi connectivity index (χ2v) is 3.47. The third kappa shape index (κ3) is 2.42. The first-order valence-electron chi connectivity index (χ1n) is 5.09. The van der Waals surface area contributed by atoms with Gasteiger partial charge in [-0.15, -0.1) is 0 Å². The van der Waals surface area contributed by atoms with Gasteiger partial charge in [0.25, 0.3) is 0 Å². The van der Waals surface area contributed by atoms with Crippen LogP contribution in [0.2, 0.25) is 0 Å². The number of methoxy groups -OCH3 is 1. The van der Waals surface area contributed by atoms with E-state index < -0.39 is 12.0 Å². The number of nitrogens with one attached hydrogen (secondary N) is 1. The van der Waals surface area contributed by atoms with E-state index in [0.717, 1.165) is 0 Å². The Balaban J connectivity index is 2.10. The third-order valence-electron chi connectivity index (χ3n) is 2.38. The minimum atomic E-state index is -0.791.